The van der Waals surface area contributed by atoms with E-state index in [1.165, 1.54) is 22.0 Å². The lowest BCUT2D eigenvalue weighted by Crippen LogP contribution is -2.16. The minimum atomic E-state index is 0.204. The van der Waals surface area contributed by atoms with Crippen LogP contribution in [-0.2, 0) is 0 Å². The highest BCUT2D eigenvalue weighted by atomic mass is 32.2. The molecular formula is C18H24N8OS. The average Bonchev–Trinajstić information content (AvgIpc) is 3.15. The van der Waals surface area contributed by atoms with Gasteiger partial charge in [0.15, 0.2) is 0 Å². The van der Waals surface area contributed by atoms with Crippen molar-refractivity contribution in [2.45, 2.75) is 32.0 Å². The highest BCUT2D eigenvalue weighted by Crippen LogP contribution is 2.16. The summed E-state index contributed by atoms with van der Waals surface area (Å²) in [6.45, 7) is 6.66. The van der Waals surface area contributed by atoms with Crippen LogP contribution in [0, 0.1) is 6.92 Å². The van der Waals surface area contributed by atoms with E-state index in [0.717, 1.165) is 11.5 Å². The number of nitrogens with zero attached hydrogens (tertiary/aromatic N) is 6. The standard InChI is InChI=1S/C18H24N8OS/c1-12(2)21-16-22-15(19-4)23-17(24-16)26-11-20-18(25-26)28-10-9-27-14-7-5-13(3)6-8-14/h5-8,11-12H,9-10H2,1-4H3,(H2,19,21,22,23,24). The van der Waals surface area contributed by atoms with Gasteiger partial charge in [0.05, 0.1) is 6.61 Å². The molecule has 0 unspecified atom stereocenters. The highest BCUT2D eigenvalue weighted by molar-refractivity contribution is 7.99. The van der Waals surface area contributed by atoms with Crippen molar-refractivity contribution in [2.24, 2.45) is 0 Å². The van der Waals surface area contributed by atoms with Gasteiger partial charge in [0.25, 0.3) is 5.95 Å². The molecule has 1 aromatic carbocycles. The first kappa shape index (κ1) is 19.9. The molecule has 3 aromatic rings. The zero-order chi connectivity index (χ0) is 19.9. The zero-order valence-electron chi connectivity index (χ0n) is 16.4. The molecule has 3 rings (SSSR count). The van der Waals surface area contributed by atoms with Crippen LogP contribution in [0.3, 0.4) is 0 Å². The molecule has 2 N–H and O–H groups in total. The van der Waals surface area contributed by atoms with Gasteiger partial charge in [-0.15, -0.1) is 5.10 Å². The van der Waals surface area contributed by atoms with Gasteiger partial charge in [-0.1, -0.05) is 29.5 Å². The maximum absolute atomic E-state index is 5.72. The fourth-order valence-electron chi connectivity index (χ4n) is 2.24. The first-order chi connectivity index (χ1) is 13.5. The SMILES string of the molecule is CNc1nc(NC(C)C)nc(-n2cnc(SCCOc3ccc(C)cc3)n2)n1. The van der Waals surface area contributed by atoms with Crippen molar-refractivity contribution in [3.05, 3.63) is 36.2 Å². The predicted molar refractivity (Wildman–Crippen MR) is 110 cm³/mol. The molecule has 0 spiro atoms. The van der Waals surface area contributed by atoms with Crippen LogP contribution in [0.5, 0.6) is 5.75 Å². The Kier molecular flexibility index (Phi) is 6.64. The first-order valence-electron chi connectivity index (χ1n) is 8.98. The molecule has 0 amide bonds. The summed E-state index contributed by atoms with van der Waals surface area (Å²) in [7, 11) is 1.76. The van der Waals surface area contributed by atoms with Gasteiger partial charge in [-0.3, -0.25) is 0 Å². The second-order valence-electron chi connectivity index (χ2n) is 6.31. The number of aromatic nitrogens is 6. The molecule has 148 valence electrons. The van der Waals surface area contributed by atoms with Crippen LogP contribution in [0.4, 0.5) is 11.9 Å². The molecule has 28 heavy (non-hydrogen) atoms. The van der Waals surface area contributed by atoms with Crippen molar-refractivity contribution < 1.29 is 4.74 Å². The first-order valence-corrected chi connectivity index (χ1v) is 9.96. The quantitative estimate of drug-likeness (QED) is 0.414. The van der Waals surface area contributed by atoms with E-state index in [9.17, 15) is 0 Å². The average molecular weight is 401 g/mol. The van der Waals surface area contributed by atoms with Crippen LogP contribution < -0.4 is 15.4 Å². The van der Waals surface area contributed by atoms with Crippen molar-refractivity contribution in [3.8, 4) is 11.7 Å². The number of aryl methyl sites for hydroxylation is 1. The van der Waals surface area contributed by atoms with E-state index in [-0.39, 0.29) is 6.04 Å². The number of hydrogen-bond acceptors (Lipinski definition) is 9. The van der Waals surface area contributed by atoms with Gasteiger partial charge >= 0.3 is 0 Å². The number of rotatable bonds is 9. The molecule has 0 bridgehead atoms. The Balaban J connectivity index is 1.59. The van der Waals surface area contributed by atoms with Crippen LogP contribution in [0.2, 0.25) is 0 Å². The third kappa shape index (κ3) is 5.56. The van der Waals surface area contributed by atoms with Gasteiger partial charge in [0, 0.05) is 18.8 Å². The van der Waals surface area contributed by atoms with Gasteiger partial charge in [-0.05, 0) is 32.9 Å². The third-order valence-electron chi connectivity index (χ3n) is 3.54. The normalized spacial score (nSPS) is 10.9. The summed E-state index contributed by atoms with van der Waals surface area (Å²) >= 11 is 1.51. The molecule has 0 aliphatic carbocycles. The van der Waals surface area contributed by atoms with Crippen LogP contribution >= 0.6 is 11.8 Å². The molecule has 0 radical (unpaired) electrons. The van der Waals surface area contributed by atoms with Crippen molar-refractivity contribution in [1.29, 1.82) is 0 Å². The molecule has 0 atom stereocenters. The molecule has 0 aliphatic rings. The maximum Gasteiger partial charge on any atom is 0.258 e. The monoisotopic (exact) mass is 400 g/mol. The Labute approximate surface area is 168 Å². The van der Waals surface area contributed by atoms with Gasteiger partial charge in [0.2, 0.25) is 17.1 Å². The van der Waals surface area contributed by atoms with Gasteiger partial charge in [-0.2, -0.15) is 19.6 Å². The lowest BCUT2D eigenvalue weighted by molar-refractivity contribution is 0.344. The van der Waals surface area contributed by atoms with E-state index >= 15 is 0 Å². The molecule has 0 saturated carbocycles. The Morgan fingerprint density at radius 1 is 1.11 bits per heavy atom. The van der Waals surface area contributed by atoms with Crippen LogP contribution in [0.1, 0.15) is 19.4 Å². The number of anilines is 2. The largest absolute Gasteiger partial charge is 0.493 e. The van der Waals surface area contributed by atoms with Crippen molar-refractivity contribution >= 4 is 23.7 Å². The summed E-state index contributed by atoms with van der Waals surface area (Å²) in [5.74, 6) is 2.94. The van der Waals surface area contributed by atoms with Crippen LogP contribution in [-0.4, -0.2) is 55.2 Å². The summed E-state index contributed by atoms with van der Waals surface area (Å²) in [5, 5.41) is 11.2. The number of ether oxygens (including phenoxy) is 1. The Morgan fingerprint density at radius 2 is 1.86 bits per heavy atom. The maximum atomic E-state index is 5.72. The summed E-state index contributed by atoms with van der Waals surface area (Å²) in [5.41, 5.74) is 1.21. The molecule has 0 fully saturated rings. The Bertz CT molecular complexity index is 897. The van der Waals surface area contributed by atoms with E-state index in [1.54, 1.807) is 13.4 Å². The van der Waals surface area contributed by atoms with E-state index in [2.05, 4.69) is 42.6 Å². The predicted octanol–water partition coefficient (Wildman–Crippen LogP) is 2.79. The second kappa shape index (κ2) is 9.36. The van der Waals surface area contributed by atoms with E-state index in [4.69, 9.17) is 4.74 Å². The minimum Gasteiger partial charge on any atom is -0.493 e. The molecular weight excluding hydrogens is 376 g/mol. The fraction of sp³-hybridized carbons (Fsp3) is 0.389. The second-order valence-corrected chi connectivity index (χ2v) is 7.38. The minimum absolute atomic E-state index is 0.204. The molecule has 2 aromatic heterocycles. The topological polar surface area (TPSA) is 103 Å². The fourth-order valence-corrected chi connectivity index (χ4v) is 2.86. The smallest absolute Gasteiger partial charge is 0.258 e. The zero-order valence-corrected chi connectivity index (χ0v) is 17.2. The molecule has 10 heteroatoms. The van der Waals surface area contributed by atoms with Gasteiger partial charge in [0.1, 0.15) is 12.1 Å². The number of hydrogen-bond donors (Lipinski definition) is 2. The summed E-state index contributed by atoms with van der Waals surface area (Å²) in [6.07, 6.45) is 1.59. The number of nitrogens with one attached hydrogen (secondary N) is 2. The van der Waals surface area contributed by atoms with Crippen molar-refractivity contribution in [1.82, 2.24) is 29.7 Å². The van der Waals surface area contributed by atoms with Crippen molar-refractivity contribution in [3.63, 3.8) is 0 Å². The summed E-state index contributed by atoms with van der Waals surface area (Å²) in [6, 6.07) is 8.20. The molecule has 2 heterocycles. The molecule has 0 saturated heterocycles. The van der Waals surface area contributed by atoms with E-state index in [0.29, 0.717) is 29.6 Å². The van der Waals surface area contributed by atoms with Crippen LogP contribution in [0.25, 0.3) is 5.95 Å². The lowest BCUT2D eigenvalue weighted by atomic mass is 10.2. The third-order valence-corrected chi connectivity index (χ3v) is 4.36. The molecule has 0 aliphatic heterocycles. The Morgan fingerprint density at radius 3 is 2.57 bits per heavy atom. The van der Waals surface area contributed by atoms with Gasteiger partial charge in [-0.25, -0.2) is 4.98 Å². The van der Waals surface area contributed by atoms with E-state index < -0.39 is 0 Å². The lowest BCUT2D eigenvalue weighted by Gasteiger charge is -2.10. The number of thioether (sulfide) groups is 1. The van der Waals surface area contributed by atoms with E-state index in [1.807, 2.05) is 38.1 Å². The molecule has 9 nitrogen and oxygen atoms in total. The van der Waals surface area contributed by atoms with Gasteiger partial charge < -0.3 is 15.4 Å². The summed E-state index contributed by atoms with van der Waals surface area (Å²) in [4.78, 5) is 17.3. The Hall–Kier alpha value is -2.88. The highest BCUT2D eigenvalue weighted by Gasteiger charge is 2.11. The number of benzene rings is 1. The van der Waals surface area contributed by atoms with Crippen LogP contribution in [0.15, 0.2) is 35.7 Å². The summed E-state index contributed by atoms with van der Waals surface area (Å²) < 4.78 is 7.26. The van der Waals surface area contributed by atoms with Crippen molar-refractivity contribution in [2.75, 3.05) is 30.0 Å².